The van der Waals surface area contributed by atoms with Gasteiger partial charge >= 0.3 is 5.97 Å². The number of hydrogen-bond acceptors (Lipinski definition) is 6. The number of aromatic carboxylic acids is 1. The summed E-state index contributed by atoms with van der Waals surface area (Å²) in [6.45, 7) is 0. The second kappa shape index (κ2) is 2.87. The molecule has 1 aromatic rings. The van der Waals surface area contributed by atoms with Crippen molar-refractivity contribution >= 4 is 5.97 Å². The number of phenols is 4. The molecule has 7 nitrogen and oxygen atoms in total. The van der Waals surface area contributed by atoms with Crippen LogP contribution in [0.3, 0.4) is 0 Å². The molecule has 0 fully saturated rings. The van der Waals surface area contributed by atoms with Crippen molar-refractivity contribution in [1.82, 2.24) is 0 Å². The van der Waals surface area contributed by atoms with Crippen LogP contribution in [0.5, 0.6) is 28.7 Å². The highest BCUT2D eigenvalue weighted by atomic mass is 16.4. The van der Waals surface area contributed by atoms with Crippen molar-refractivity contribution in [3.8, 4) is 28.7 Å². The maximum atomic E-state index is 10.9. The third-order valence-corrected chi connectivity index (χ3v) is 1.57. The lowest BCUT2D eigenvalue weighted by molar-refractivity contribution is -0.271. The molecule has 0 heterocycles. The average molecular weight is 201 g/mol. The molecule has 0 aliphatic carbocycles. The molecule has 0 aromatic heterocycles. The van der Waals surface area contributed by atoms with Crippen LogP contribution >= 0.6 is 0 Å². The van der Waals surface area contributed by atoms with Crippen LogP contribution in [0.25, 0.3) is 0 Å². The minimum atomic E-state index is -1.82. The fraction of sp³-hybridized carbons (Fsp3) is 0. The third-order valence-electron chi connectivity index (χ3n) is 1.57. The number of carboxylic acids is 1. The van der Waals surface area contributed by atoms with Gasteiger partial charge in [0.25, 0.3) is 0 Å². The lowest BCUT2D eigenvalue weighted by Crippen LogP contribution is -2.04. The Balaban J connectivity index is 3.68. The van der Waals surface area contributed by atoms with Crippen molar-refractivity contribution in [1.29, 1.82) is 0 Å². The fourth-order valence-electron chi connectivity index (χ4n) is 0.875. The van der Waals surface area contributed by atoms with Crippen molar-refractivity contribution in [2.75, 3.05) is 0 Å². The van der Waals surface area contributed by atoms with Gasteiger partial charge < -0.3 is 30.6 Å². The third kappa shape index (κ3) is 1.11. The van der Waals surface area contributed by atoms with E-state index in [1.165, 1.54) is 0 Å². The molecule has 5 N–H and O–H groups in total. The van der Waals surface area contributed by atoms with Crippen LogP contribution in [0.15, 0.2) is 0 Å². The van der Waals surface area contributed by atoms with Gasteiger partial charge in [0.1, 0.15) is 5.56 Å². The van der Waals surface area contributed by atoms with Crippen LogP contribution < -0.4 is 5.11 Å². The van der Waals surface area contributed by atoms with E-state index in [1.54, 1.807) is 0 Å². The SMILES string of the molecule is O=C(O)c1c([O-])c(O)c(O)c(O)c1O. The molecule has 14 heavy (non-hydrogen) atoms. The van der Waals surface area contributed by atoms with E-state index in [2.05, 4.69) is 0 Å². The number of carboxylic acid groups (broad SMARTS) is 1. The van der Waals surface area contributed by atoms with Crippen molar-refractivity contribution in [3.05, 3.63) is 5.56 Å². The van der Waals surface area contributed by atoms with Crippen molar-refractivity contribution in [2.45, 2.75) is 0 Å². The van der Waals surface area contributed by atoms with Crippen LogP contribution in [0.4, 0.5) is 0 Å². The molecule has 0 saturated heterocycles. The van der Waals surface area contributed by atoms with Crippen molar-refractivity contribution < 1.29 is 35.4 Å². The number of benzene rings is 1. The molecule has 1 aromatic carbocycles. The highest BCUT2D eigenvalue weighted by Crippen LogP contribution is 2.49. The molecule has 0 amide bonds. The van der Waals surface area contributed by atoms with Crippen LogP contribution in [0, 0.1) is 0 Å². The molecule has 0 radical (unpaired) electrons. The maximum Gasteiger partial charge on any atom is 0.339 e. The van der Waals surface area contributed by atoms with Crippen LogP contribution in [-0.4, -0.2) is 31.5 Å². The monoisotopic (exact) mass is 201 g/mol. The first-order valence-corrected chi connectivity index (χ1v) is 3.28. The summed E-state index contributed by atoms with van der Waals surface area (Å²) in [4.78, 5) is 10.4. The Morgan fingerprint density at radius 3 is 1.79 bits per heavy atom. The summed E-state index contributed by atoms with van der Waals surface area (Å²) in [5.41, 5.74) is -1.20. The van der Waals surface area contributed by atoms with Crippen LogP contribution in [-0.2, 0) is 0 Å². The molecule has 0 aliphatic heterocycles. The second-order valence-electron chi connectivity index (χ2n) is 2.40. The Morgan fingerprint density at radius 1 is 0.929 bits per heavy atom. The molecular formula is C7H5O7-. The number of phenolic OH excluding ortho intramolecular Hbond substituents is 3. The lowest BCUT2D eigenvalue weighted by atomic mass is 10.1. The molecule has 0 saturated carbocycles. The van der Waals surface area contributed by atoms with Gasteiger partial charge in [0, 0.05) is 0 Å². The number of hydrogen-bond donors (Lipinski definition) is 5. The Kier molecular flexibility index (Phi) is 2.01. The minimum absolute atomic E-state index is 1.20. The van der Waals surface area contributed by atoms with Crippen molar-refractivity contribution in [2.24, 2.45) is 0 Å². The average Bonchev–Trinajstić information content (AvgIpc) is 2.11. The summed E-state index contributed by atoms with van der Waals surface area (Å²) < 4.78 is 0. The summed E-state index contributed by atoms with van der Waals surface area (Å²) in [5.74, 6) is -8.39. The predicted molar refractivity (Wildman–Crippen MR) is 39.5 cm³/mol. The van der Waals surface area contributed by atoms with Gasteiger partial charge in [0.05, 0.1) is 0 Å². The van der Waals surface area contributed by atoms with Crippen LogP contribution in [0.2, 0.25) is 0 Å². The summed E-state index contributed by atoms with van der Waals surface area (Å²) in [6.07, 6.45) is 0. The Morgan fingerprint density at radius 2 is 1.36 bits per heavy atom. The van der Waals surface area contributed by atoms with Gasteiger partial charge in [-0.05, 0) is 5.75 Å². The first kappa shape index (κ1) is 9.78. The van der Waals surface area contributed by atoms with E-state index in [9.17, 15) is 9.90 Å². The molecule has 0 atom stereocenters. The quantitative estimate of drug-likeness (QED) is 0.298. The van der Waals surface area contributed by atoms with E-state index >= 15 is 0 Å². The topological polar surface area (TPSA) is 141 Å². The largest absolute Gasteiger partial charge is 0.869 e. The highest BCUT2D eigenvalue weighted by molar-refractivity contribution is 5.97. The maximum absolute atomic E-state index is 10.9. The minimum Gasteiger partial charge on any atom is -0.869 e. The Bertz CT molecular complexity index is 380. The lowest BCUT2D eigenvalue weighted by Gasteiger charge is -2.16. The number of carbonyl (C=O) groups is 1. The van der Waals surface area contributed by atoms with E-state index < -0.39 is 40.3 Å². The van der Waals surface area contributed by atoms with Gasteiger partial charge in [-0.3, -0.25) is 0 Å². The zero-order valence-electron chi connectivity index (χ0n) is 6.55. The Hall–Kier alpha value is -2.31. The molecule has 7 heteroatoms. The van der Waals surface area contributed by atoms with Gasteiger partial charge in [0.15, 0.2) is 11.5 Å². The normalized spacial score (nSPS) is 10.0. The zero-order chi connectivity index (χ0) is 11.0. The molecule has 0 aliphatic rings. The smallest absolute Gasteiger partial charge is 0.339 e. The highest BCUT2D eigenvalue weighted by Gasteiger charge is 2.22. The fourth-order valence-corrected chi connectivity index (χ4v) is 0.875. The van der Waals surface area contributed by atoms with Gasteiger partial charge in [-0.2, -0.15) is 0 Å². The van der Waals surface area contributed by atoms with Gasteiger partial charge in [0.2, 0.25) is 11.5 Å². The standard InChI is InChI=1S/C7H6O7/c8-2-1(7(13)14)3(9)5(11)6(12)4(2)10/h8-12H,(H,13,14)/p-1. The van der Waals surface area contributed by atoms with E-state index in [0.29, 0.717) is 0 Å². The second-order valence-corrected chi connectivity index (χ2v) is 2.40. The summed E-state index contributed by atoms with van der Waals surface area (Å²) in [7, 11) is 0. The van der Waals surface area contributed by atoms with E-state index in [-0.39, 0.29) is 0 Å². The number of rotatable bonds is 1. The number of aromatic hydroxyl groups is 4. The Labute approximate surface area is 76.7 Å². The van der Waals surface area contributed by atoms with Gasteiger partial charge in [-0.15, -0.1) is 0 Å². The molecule has 0 spiro atoms. The molecule has 76 valence electrons. The van der Waals surface area contributed by atoms with E-state index in [4.69, 9.17) is 25.5 Å². The molecular weight excluding hydrogens is 196 g/mol. The summed E-state index contributed by atoms with van der Waals surface area (Å²) >= 11 is 0. The molecule has 0 bridgehead atoms. The predicted octanol–water partition coefficient (Wildman–Crippen LogP) is -0.719. The molecule has 0 unspecified atom stereocenters. The first-order chi connectivity index (χ1) is 6.37. The van der Waals surface area contributed by atoms with Crippen LogP contribution in [0.1, 0.15) is 10.4 Å². The van der Waals surface area contributed by atoms with E-state index in [1.807, 2.05) is 0 Å². The molecule has 1 rings (SSSR count). The van der Waals surface area contributed by atoms with E-state index in [0.717, 1.165) is 0 Å². The van der Waals surface area contributed by atoms with Crippen molar-refractivity contribution in [3.63, 3.8) is 0 Å². The van der Waals surface area contributed by atoms with Gasteiger partial charge in [-0.25, -0.2) is 4.79 Å². The first-order valence-electron chi connectivity index (χ1n) is 3.28. The zero-order valence-corrected chi connectivity index (χ0v) is 6.55. The van der Waals surface area contributed by atoms with Gasteiger partial charge in [-0.1, -0.05) is 0 Å². The summed E-state index contributed by atoms with van der Waals surface area (Å²) in [5, 5.41) is 54.9. The summed E-state index contributed by atoms with van der Waals surface area (Å²) in [6, 6.07) is 0.